The number of hydrogen-bond donors (Lipinski definition) is 1. The van der Waals surface area contributed by atoms with Crippen LogP contribution in [-0.2, 0) is 5.41 Å². The van der Waals surface area contributed by atoms with Crippen LogP contribution in [0.2, 0.25) is 0 Å². The lowest BCUT2D eigenvalue weighted by Gasteiger charge is -2.28. The fourth-order valence-corrected chi connectivity index (χ4v) is 2.75. The van der Waals surface area contributed by atoms with Gasteiger partial charge in [0.1, 0.15) is 0 Å². The van der Waals surface area contributed by atoms with Crippen LogP contribution < -0.4 is 5.73 Å². The largest absolute Gasteiger partial charge is 0.330 e. The van der Waals surface area contributed by atoms with Gasteiger partial charge in [-0.05, 0) is 37.0 Å². The number of nitrogens with two attached hydrogens (primary N) is 1. The van der Waals surface area contributed by atoms with Crippen molar-refractivity contribution in [1.82, 2.24) is 0 Å². The second-order valence-corrected chi connectivity index (χ2v) is 4.80. The summed E-state index contributed by atoms with van der Waals surface area (Å²) in [6.07, 6.45) is 3.82. The molecule has 2 N–H and O–H groups in total. The zero-order chi connectivity index (χ0) is 11.8. The summed E-state index contributed by atoms with van der Waals surface area (Å²) >= 11 is 0. The Hall–Kier alpha value is -0.960. The Labute approximate surface area is 94.7 Å². The minimum Gasteiger partial charge on any atom is -0.330 e. The number of halogens is 2. The van der Waals surface area contributed by atoms with E-state index in [0.717, 1.165) is 31.2 Å². The number of aryl methyl sites for hydroxylation is 1. The molecule has 0 spiro atoms. The van der Waals surface area contributed by atoms with E-state index in [9.17, 15) is 8.78 Å². The van der Waals surface area contributed by atoms with E-state index in [-0.39, 0.29) is 5.41 Å². The Bertz CT molecular complexity index is 395. The van der Waals surface area contributed by atoms with E-state index >= 15 is 0 Å². The first-order valence-electron chi connectivity index (χ1n) is 5.75. The van der Waals surface area contributed by atoms with Gasteiger partial charge in [-0.25, -0.2) is 8.78 Å². The normalized spacial score (nSPS) is 19.0. The van der Waals surface area contributed by atoms with Crippen molar-refractivity contribution < 1.29 is 8.78 Å². The molecule has 16 heavy (non-hydrogen) atoms. The molecule has 88 valence electrons. The summed E-state index contributed by atoms with van der Waals surface area (Å²) in [4.78, 5) is 0. The smallest absolute Gasteiger partial charge is 0.162 e. The zero-order valence-corrected chi connectivity index (χ0v) is 9.52. The molecule has 0 atom stereocenters. The lowest BCUT2D eigenvalue weighted by molar-refractivity contribution is 0.407. The monoisotopic (exact) mass is 225 g/mol. The SMILES string of the molecule is Cc1cc(F)c(F)c(C2(CN)CCCC2)c1. The molecule has 0 saturated heterocycles. The predicted molar refractivity (Wildman–Crippen MR) is 60.3 cm³/mol. The van der Waals surface area contributed by atoms with Gasteiger partial charge in [-0.2, -0.15) is 0 Å². The molecule has 1 aliphatic rings. The van der Waals surface area contributed by atoms with Crippen molar-refractivity contribution in [3.8, 4) is 0 Å². The van der Waals surface area contributed by atoms with Crippen LogP contribution in [0.5, 0.6) is 0 Å². The highest BCUT2D eigenvalue weighted by atomic mass is 19.2. The van der Waals surface area contributed by atoms with Gasteiger partial charge in [-0.1, -0.05) is 18.9 Å². The second kappa shape index (κ2) is 4.13. The van der Waals surface area contributed by atoms with Gasteiger partial charge in [0, 0.05) is 12.0 Å². The van der Waals surface area contributed by atoms with Crippen LogP contribution in [0, 0.1) is 18.6 Å². The van der Waals surface area contributed by atoms with E-state index in [2.05, 4.69) is 0 Å². The Kier molecular flexibility index (Phi) is 2.98. The molecule has 1 fully saturated rings. The second-order valence-electron chi connectivity index (χ2n) is 4.80. The van der Waals surface area contributed by atoms with Crippen LogP contribution in [0.25, 0.3) is 0 Å². The number of rotatable bonds is 2. The molecule has 0 amide bonds. The van der Waals surface area contributed by atoms with Crippen LogP contribution in [0.1, 0.15) is 36.8 Å². The van der Waals surface area contributed by atoms with Crippen LogP contribution in [0.15, 0.2) is 12.1 Å². The van der Waals surface area contributed by atoms with Crippen LogP contribution >= 0.6 is 0 Å². The fourth-order valence-electron chi connectivity index (χ4n) is 2.75. The summed E-state index contributed by atoms with van der Waals surface area (Å²) in [5.41, 5.74) is 6.68. The first kappa shape index (κ1) is 11.5. The highest BCUT2D eigenvalue weighted by Gasteiger charge is 2.37. The van der Waals surface area contributed by atoms with Gasteiger partial charge in [0.25, 0.3) is 0 Å². The van der Waals surface area contributed by atoms with Crippen LogP contribution in [0.4, 0.5) is 8.78 Å². The van der Waals surface area contributed by atoms with Gasteiger partial charge in [0.2, 0.25) is 0 Å². The molecule has 0 heterocycles. The quantitative estimate of drug-likeness (QED) is 0.822. The third-order valence-electron chi connectivity index (χ3n) is 3.70. The summed E-state index contributed by atoms with van der Waals surface area (Å²) in [6.45, 7) is 2.18. The molecule has 1 aromatic rings. The minimum atomic E-state index is -0.755. The highest BCUT2D eigenvalue weighted by molar-refractivity contribution is 5.33. The molecule has 0 unspecified atom stereocenters. The highest BCUT2D eigenvalue weighted by Crippen LogP contribution is 2.41. The minimum absolute atomic E-state index is 0.336. The van der Waals surface area contributed by atoms with E-state index in [1.807, 2.05) is 0 Å². The Morgan fingerprint density at radius 1 is 1.25 bits per heavy atom. The van der Waals surface area contributed by atoms with Crippen molar-refractivity contribution in [2.45, 2.75) is 38.0 Å². The topological polar surface area (TPSA) is 26.0 Å². The van der Waals surface area contributed by atoms with Crippen LogP contribution in [0.3, 0.4) is 0 Å². The number of hydrogen-bond acceptors (Lipinski definition) is 1. The molecule has 1 nitrogen and oxygen atoms in total. The van der Waals surface area contributed by atoms with Gasteiger partial charge < -0.3 is 5.73 Å². The van der Waals surface area contributed by atoms with Crippen molar-refractivity contribution in [1.29, 1.82) is 0 Å². The van der Waals surface area contributed by atoms with E-state index in [1.54, 1.807) is 13.0 Å². The molecular formula is C13H17F2N. The Morgan fingerprint density at radius 2 is 1.88 bits per heavy atom. The molecular weight excluding hydrogens is 208 g/mol. The summed E-state index contributed by atoms with van der Waals surface area (Å²) in [5, 5.41) is 0. The maximum atomic E-state index is 13.8. The zero-order valence-electron chi connectivity index (χ0n) is 9.52. The van der Waals surface area contributed by atoms with Crippen molar-refractivity contribution in [3.05, 3.63) is 34.9 Å². The van der Waals surface area contributed by atoms with E-state index in [0.29, 0.717) is 12.1 Å². The summed E-state index contributed by atoms with van der Waals surface area (Å²) in [6, 6.07) is 2.98. The summed E-state index contributed by atoms with van der Waals surface area (Å²) in [5.74, 6) is -1.47. The van der Waals surface area contributed by atoms with Gasteiger partial charge in [0.15, 0.2) is 11.6 Å². The van der Waals surface area contributed by atoms with Gasteiger partial charge in [-0.15, -0.1) is 0 Å². The lowest BCUT2D eigenvalue weighted by Crippen LogP contribution is -2.33. The van der Waals surface area contributed by atoms with Gasteiger partial charge >= 0.3 is 0 Å². The standard InChI is InChI=1S/C13H17F2N/c1-9-6-10(12(15)11(14)7-9)13(8-16)4-2-3-5-13/h6-7H,2-5,8,16H2,1H3. The average molecular weight is 225 g/mol. The first-order valence-corrected chi connectivity index (χ1v) is 5.75. The molecule has 1 saturated carbocycles. The molecule has 3 heteroatoms. The molecule has 1 aromatic carbocycles. The van der Waals surface area contributed by atoms with Crippen LogP contribution in [-0.4, -0.2) is 6.54 Å². The van der Waals surface area contributed by atoms with Gasteiger partial charge in [0.05, 0.1) is 0 Å². The van der Waals surface area contributed by atoms with Crippen molar-refractivity contribution >= 4 is 0 Å². The third kappa shape index (κ3) is 1.73. The predicted octanol–water partition coefficient (Wildman–Crippen LogP) is 3.04. The Balaban J connectivity index is 2.53. The Morgan fingerprint density at radius 3 is 2.44 bits per heavy atom. The molecule has 0 aromatic heterocycles. The fraction of sp³-hybridized carbons (Fsp3) is 0.538. The van der Waals surface area contributed by atoms with Crippen molar-refractivity contribution in [2.75, 3.05) is 6.54 Å². The summed E-state index contributed by atoms with van der Waals surface area (Å²) in [7, 11) is 0. The van der Waals surface area contributed by atoms with E-state index in [1.165, 1.54) is 6.07 Å². The molecule has 2 rings (SSSR count). The molecule has 0 bridgehead atoms. The van der Waals surface area contributed by atoms with E-state index in [4.69, 9.17) is 5.73 Å². The molecule has 1 aliphatic carbocycles. The molecule has 0 radical (unpaired) electrons. The maximum Gasteiger partial charge on any atom is 0.162 e. The first-order chi connectivity index (χ1) is 7.59. The van der Waals surface area contributed by atoms with Crippen molar-refractivity contribution in [3.63, 3.8) is 0 Å². The average Bonchev–Trinajstić information content (AvgIpc) is 2.73. The maximum absolute atomic E-state index is 13.8. The third-order valence-corrected chi connectivity index (χ3v) is 3.70. The van der Waals surface area contributed by atoms with E-state index < -0.39 is 11.6 Å². The van der Waals surface area contributed by atoms with Gasteiger partial charge in [-0.3, -0.25) is 0 Å². The molecule has 0 aliphatic heterocycles. The number of benzene rings is 1. The lowest BCUT2D eigenvalue weighted by atomic mass is 9.78. The summed E-state index contributed by atoms with van der Waals surface area (Å²) < 4.78 is 27.2. The van der Waals surface area contributed by atoms with Crippen molar-refractivity contribution in [2.24, 2.45) is 5.73 Å².